The lowest BCUT2D eigenvalue weighted by molar-refractivity contribution is 0.880. The highest BCUT2D eigenvalue weighted by Gasteiger charge is 2.01. The maximum absolute atomic E-state index is 4.45. The molecule has 3 rings (SSSR count). The zero-order valence-corrected chi connectivity index (χ0v) is 12.1. The molecule has 3 aromatic rings. The second-order valence-corrected chi connectivity index (χ2v) is 5.51. The van der Waals surface area contributed by atoms with Crippen LogP contribution in [0.5, 0.6) is 0 Å². The van der Waals surface area contributed by atoms with Gasteiger partial charge in [-0.15, -0.1) is 11.3 Å². The van der Waals surface area contributed by atoms with Gasteiger partial charge in [0, 0.05) is 24.0 Å². The van der Waals surface area contributed by atoms with Crippen molar-refractivity contribution in [2.24, 2.45) is 0 Å². The van der Waals surface area contributed by atoms with E-state index < -0.39 is 0 Å². The van der Waals surface area contributed by atoms with E-state index in [0.717, 1.165) is 30.0 Å². The maximum atomic E-state index is 4.45. The summed E-state index contributed by atoms with van der Waals surface area (Å²) in [6, 6.07) is 10.1. The number of anilines is 1. The Balaban J connectivity index is 1.58. The Kier molecular flexibility index (Phi) is 3.78. The van der Waals surface area contributed by atoms with E-state index in [1.54, 1.807) is 11.3 Å². The lowest BCUT2D eigenvalue weighted by atomic mass is 10.3. The Bertz CT molecular complexity index is 672. The summed E-state index contributed by atoms with van der Waals surface area (Å²) in [5, 5.41) is 11.0. The fourth-order valence-corrected chi connectivity index (χ4v) is 2.74. The number of hydrogen-bond acceptors (Lipinski definition) is 4. The average Bonchev–Trinajstić information content (AvgIpc) is 3.09. The second kappa shape index (κ2) is 5.88. The molecule has 0 amide bonds. The molecule has 1 aromatic carbocycles. The number of nitrogens with zero attached hydrogens (tertiary/aromatic N) is 3. The van der Waals surface area contributed by atoms with Crippen molar-refractivity contribution < 1.29 is 0 Å². The lowest BCUT2D eigenvalue weighted by Gasteiger charge is -2.01. The third-order valence-corrected chi connectivity index (χ3v) is 3.96. The first-order valence-corrected chi connectivity index (χ1v) is 7.44. The van der Waals surface area contributed by atoms with Crippen LogP contribution in [-0.2, 0) is 6.42 Å². The topological polar surface area (TPSA) is 42.7 Å². The predicted octanol–water partition coefficient (Wildman–Crippen LogP) is 3.29. The summed E-state index contributed by atoms with van der Waals surface area (Å²) >= 11 is 1.71. The number of thiazole rings is 1. The summed E-state index contributed by atoms with van der Waals surface area (Å²) in [4.78, 5) is 4.45. The van der Waals surface area contributed by atoms with Crippen LogP contribution in [0.15, 0.2) is 48.1 Å². The molecule has 0 atom stereocenters. The van der Waals surface area contributed by atoms with E-state index in [-0.39, 0.29) is 0 Å². The molecule has 1 N–H and O–H groups in total. The Hall–Kier alpha value is -2.14. The van der Waals surface area contributed by atoms with Crippen LogP contribution >= 0.6 is 11.3 Å². The molecule has 5 heteroatoms. The number of nitrogens with one attached hydrogen (secondary N) is 1. The fraction of sp³-hybridized carbons (Fsp3) is 0.200. The van der Waals surface area contributed by atoms with E-state index in [1.165, 1.54) is 5.01 Å². The maximum Gasteiger partial charge on any atom is 0.0945 e. The van der Waals surface area contributed by atoms with Crippen molar-refractivity contribution in [3.8, 4) is 5.69 Å². The molecule has 102 valence electrons. The Morgan fingerprint density at radius 2 is 2.10 bits per heavy atom. The van der Waals surface area contributed by atoms with Crippen molar-refractivity contribution in [1.82, 2.24) is 14.8 Å². The van der Waals surface area contributed by atoms with Crippen molar-refractivity contribution in [2.75, 3.05) is 11.9 Å². The van der Waals surface area contributed by atoms with Crippen molar-refractivity contribution >= 4 is 17.0 Å². The SMILES string of the molecule is Cc1csc(CCNc2cnn(-c3ccccc3)c2)n1. The van der Waals surface area contributed by atoms with E-state index in [4.69, 9.17) is 0 Å². The zero-order valence-electron chi connectivity index (χ0n) is 11.3. The molecule has 0 aliphatic carbocycles. The molecular weight excluding hydrogens is 268 g/mol. The first-order valence-electron chi connectivity index (χ1n) is 6.56. The molecule has 0 fully saturated rings. The van der Waals surface area contributed by atoms with E-state index in [1.807, 2.05) is 54.3 Å². The molecule has 20 heavy (non-hydrogen) atoms. The first kappa shape index (κ1) is 12.9. The van der Waals surface area contributed by atoms with Gasteiger partial charge in [-0.1, -0.05) is 18.2 Å². The largest absolute Gasteiger partial charge is 0.382 e. The predicted molar refractivity (Wildman–Crippen MR) is 82.6 cm³/mol. The third kappa shape index (κ3) is 3.05. The molecule has 2 aromatic heterocycles. The summed E-state index contributed by atoms with van der Waals surface area (Å²) in [5.74, 6) is 0. The highest BCUT2D eigenvalue weighted by atomic mass is 32.1. The normalized spacial score (nSPS) is 10.7. The van der Waals surface area contributed by atoms with E-state index in [2.05, 4.69) is 20.8 Å². The highest BCUT2D eigenvalue weighted by Crippen LogP contribution is 2.12. The monoisotopic (exact) mass is 284 g/mol. The van der Waals surface area contributed by atoms with Crippen LogP contribution in [0, 0.1) is 6.92 Å². The molecule has 0 bridgehead atoms. The van der Waals surface area contributed by atoms with Crippen LogP contribution < -0.4 is 5.32 Å². The number of rotatable bonds is 5. The Morgan fingerprint density at radius 3 is 2.85 bits per heavy atom. The summed E-state index contributed by atoms with van der Waals surface area (Å²) < 4.78 is 1.87. The van der Waals surface area contributed by atoms with Gasteiger partial charge in [-0.3, -0.25) is 0 Å². The summed E-state index contributed by atoms with van der Waals surface area (Å²) in [6.07, 6.45) is 4.79. The fourth-order valence-electron chi connectivity index (χ4n) is 1.97. The van der Waals surface area contributed by atoms with Gasteiger partial charge in [0.1, 0.15) is 0 Å². The van der Waals surface area contributed by atoms with Crippen LogP contribution in [-0.4, -0.2) is 21.3 Å². The molecular formula is C15H16N4S. The van der Waals surface area contributed by atoms with Crippen LogP contribution in [0.4, 0.5) is 5.69 Å². The van der Waals surface area contributed by atoms with Gasteiger partial charge >= 0.3 is 0 Å². The minimum atomic E-state index is 0.868. The second-order valence-electron chi connectivity index (χ2n) is 4.57. The number of para-hydroxylation sites is 1. The third-order valence-electron chi connectivity index (χ3n) is 2.94. The molecule has 0 unspecified atom stereocenters. The van der Waals surface area contributed by atoms with Gasteiger partial charge < -0.3 is 5.32 Å². The standard InChI is InChI=1S/C15H16N4S/c1-12-11-20-15(18-12)7-8-16-13-9-17-19(10-13)14-5-3-2-4-6-14/h2-6,9-11,16H,7-8H2,1H3. The average molecular weight is 284 g/mol. The number of hydrogen-bond donors (Lipinski definition) is 1. The molecule has 0 radical (unpaired) electrons. The van der Waals surface area contributed by atoms with Crippen LogP contribution in [0.2, 0.25) is 0 Å². The number of aryl methyl sites for hydroxylation is 1. The molecule has 0 saturated carbocycles. The van der Waals surface area contributed by atoms with Gasteiger partial charge in [-0.25, -0.2) is 9.67 Å². The Labute approximate surface area is 122 Å². The van der Waals surface area contributed by atoms with E-state index in [9.17, 15) is 0 Å². The highest BCUT2D eigenvalue weighted by molar-refractivity contribution is 7.09. The lowest BCUT2D eigenvalue weighted by Crippen LogP contribution is -2.04. The van der Waals surface area contributed by atoms with E-state index >= 15 is 0 Å². The minimum absolute atomic E-state index is 0.868. The summed E-state index contributed by atoms with van der Waals surface area (Å²) in [5.41, 5.74) is 3.19. The van der Waals surface area contributed by atoms with Crippen molar-refractivity contribution in [1.29, 1.82) is 0 Å². The van der Waals surface area contributed by atoms with Crippen molar-refractivity contribution in [3.63, 3.8) is 0 Å². The van der Waals surface area contributed by atoms with Gasteiger partial charge in [0.05, 0.1) is 28.8 Å². The first-order chi connectivity index (χ1) is 9.81. The molecule has 2 heterocycles. The zero-order chi connectivity index (χ0) is 13.8. The quantitative estimate of drug-likeness (QED) is 0.781. The van der Waals surface area contributed by atoms with Crippen molar-refractivity contribution in [3.05, 3.63) is 58.8 Å². The number of aromatic nitrogens is 3. The van der Waals surface area contributed by atoms with Crippen LogP contribution in [0.1, 0.15) is 10.7 Å². The summed E-state index contributed by atoms with van der Waals surface area (Å²) in [7, 11) is 0. The van der Waals surface area contributed by atoms with Gasteiger partial charge in [-0.2, -0.15) is 5.10 Å². The summed E-state index contributed by atoms with van der Waals surface area (Å²) in [6.45, 7) is 2.89. The van der Waals surface area contributed by atoms with Crippen LogP contribution in [0.3, 0.4) is 0 Å². The Morgan fingerprint density at radius 1 is 1.25 bits per heavy atom. The number of benzene rings is 1. The molecule has 0 aliphatic rings. The van der Waals surface area contributed by atoms with Gasteiger partial charge in [0.2, 0.25) is 0 Å². The van der Waals surface area contributed by atoms with E-state index in [0.29, 0.717) is 0 Å². The molecule has 0 aliphatic heterocycles. The van der Waals surface area contributed by atoms with Gasteiger partial charge in [0.15, 0.2) is 0 Å². The molecule has 0 saturated heterocycles. The van der Waals surface area contributed by atoms with Gasteiger partial charge in [-0.05, 0) is 19.1 Å². The van der Waals surface area contributed by atoms with Crippen LogP contribution in [0.25, 0.3) is 5.69 Å². The minimum Gasteiger partial charge on any atom is -0.382 e. The van der Waals surface area contributed by atoms with Gasteiger partial charge in [0.25, 0.3) is 0 Å². The van der Waals surface area contributed by atoms with Crippen molar-refractivity contribution in [2.45, 2.75) is 13.3 Å². The molecule has 4 nitrogen and oxygen atoms in total. The smallest absolute Gasteiger partial charge is 0.0945 e. The molecule has 0 spiro atoms.